The molecule has 0 aliphatic carbocycles. The fraction of sp³-hybridized carbons (Fsp3) is 0.417. The van der Waals surface area contributed by atoms with Crippen LogP contribution < -0.4 is 5.73 Å². The Labute approximate surface area is 98.2 Å². The fourth-order valence-corrected chi connectivity index (χ4v) is 1.39. The number of halogens is 2. The van der Waals surface area contributed by atoms with Crippen LogP contribution in [0.3, 0.4) is 0 Å². The zero-order chi connectivity index (χ0) is 13.2. The molecule has 0 aliphatic rings. The molecular weight excluding hydrogens is 228 g/mol. The van der Waals surface area contributed by atoms with E-state index in [0.717, 1.165) is 0 Å². The predicted molar refractivity (Wildman–Crippen MR) is 59.7 cm³/mol. The van der Waals surface area contributed by atoms with E-state index in [2.05, 4.69) is 0 Å². The van der Waals surface area contributed by atoms with Gasteiger partial charge >= 0.3 is 5.97 Å². The largest absolute Gasteiger partial charge is 0.480 e. The van der Waals surface area contributed by atoms with Gasteiger partial charge < -0.3 is 10.8 Å². The number of hydrogen-bond donors (Lipinski definition) is 2. The summed E-state index contributed by atoms with van der Waals surface area (Å²) >= 11 is 0. The van der Waals surface area contributed by atoms with E-state index in [-0.39, 0.29) is 5.56 Å². The first-order valence-corrected chi connectivity index (χ1v) is 5.23. The summed E-state index contributed by atoms with van der Waals surface area (Å²) in [6, 6.07) is 3.90. The van der Waals surface area contributed by atoms with Gasteiger partial charge in [0, 0.05) is 11.5 Å². The van der Waals surface area contributed by atoms with Crippen molar-refractivity contribution in [2.45, 2.75) is 25.8 Å². The minimum Gasteiger partial charge on any atom is -0.480 e. The summed E-state index contributed by atoms with van der Waals surface area (Å²) in [5.74, 6) is -4.93. The Hall–Kier alpha value is -1.49. The van der Waals surface area contributed by atoms with Crippen LogP contribution in [0.1, 0.15) is 31.0 Å². The minimum atomic E-state index is -2.92. The lowest BCUT2D eigenvalue weighted by atomic mass is 9.96. The highest BCUT2D eigenvalue weighted by atomic mass is 19.3. The summed E-state index contributed by atoms with van der Waals surface area (Å²) in [5, 5.41) is 8.68. The van der Waals surface area contributed by atoms with Gasteiger partial charge in [0.1, 0.15) is 6.04 Å². The van der Waals surface area contributed by atoms with Gasteiger partial charge in [-0.25, -0.2) is 8.78 Å². The van der Waals surface area contributed by atoms with Crippen molar-refractivity contribution in [3.05, 3.63) is 35.4 Å². The van der Waals surface area contributed by atoms with Crippen molar-refractivity contribution in [2.24, 2.45) is 11.7 Å². The molecule has 0 aromatic heterocycles. The predicted octanol–water partition coefficient (Wildman–Crippen LogP) is 2.52. The first-order chi connectivity index (χ1) is 7.76. The highest BCUT2D eigenvalue weighted by Crippen LogP contribution is 2.35. The first kappa shape index (κ1) is 13.6. The Kier molecular flexibility index (Phi) is 3.83. The number of carboxylic acid groups (broad SMARTS) is 1. The SMILES string of the molecule is CC(C)C(F)(F)c1ccc(C(N)C(=O)O)cc1. The normalized spacial score (nSPS) is 13.8. The molecule has 0 spiro atoms. The summed E-state index contributed by atoms with van der Waals surface area (Å²) in [6.45, 7) is 2.85. The van der Waals surface area contributed by atoms with E-state index in [0.29, 0.717) is 5.56 Å². The highest BCUT2D eigenvalue weighted by Gasteiger charge is 2.35. The summed E-state index contributed by atoms with van der Waals surface area (Å²) in [5.41, 5.74) is 5.55. The van der Waals surface area contributed by atoms with Crippen LogP contribution in [0.5, 0.6) is 0 Å². The van der Waals surface area contributed by atoms with Gasteiger partial charge in [-0.15, -0.1) is 0 Å². The van der Waals surface area contributed by atoms with Crippen molar-refractivity contribution in [1.29, 1.82) is 0 Å². The van der Waals surface area contributed by atoms with E-state index < -0.39 is 23.9 Å². The third-order valence-electron chi connectivity index (χ3n) is 2.65. The lowest BCUT2D eigenvalue weighted by Crippen LogP contribution is -2.22. The smallest absolute Gasteiger partial charge is 0.325 e. The van der Waals surface area contributed by atoms with Crippen LogP contribution in [0.15, 0.2) is 24.3 Å². The number of rotatable bonds is 4. The molecule has 1 unspecified atom stereocenters. The molecular formula is C12H15F2NO2. The maximum atomic E-state index is 13.6. The molecule has 0 aliphatic heterocycles. The number of carboxylic acids is 1. The van der Waals surface area contributed by atoms with Crippen molar-refractivity contribution in [2.75, 3.05) is 0 Å². The van der Waals surface area contributed by atoms with Crippen LogP contribution in [-0.4, -0.2) is 11.1 Å². The van der Waals surface area contributed by atoms with Gasteiger partial charge in [-0.3, -0.25) is 4.79 Å². The molecule has 17 heavy (non-hydrogen) atoms. The van der Waals surface area contributed by atoms with E-state index in [4.69, 9.17) is 10.8 Å². The molecule has 94 valence electrons. The maximum Gasteiger partial charge on any atom is 0.325 e. The number of benzene rings is 1. The van der Waals surface area contributed by atoms with Crippen LogP contribution in [0.25, 0.3) is 0 Å². The number of aliphatic carboxylic acids is 1. The molecule has 0 fully saturated rings. The van der Waals surface area contributed by atoms with Crippen LogP contribution in [-0.2, 0) is 10.7 Å². The van der Waals surface area contributed by atoms with Gasteiger partial charge in [0.05, 0.1) is 0 Å². The molecule has 1 aromatic carbocycles. The zero-order valence-electron chi connectivity index (χ0n) is 9.65. The molecule has 1 rings (SSSR count). The summed E-state index contributed by atoms with van der Waals surface area (Å²) in [7, 11) is 0. The lowest BCUT2D eigenvalue weighted by Gasteiger charge is -2.21. The average Bonchev–Trinajstić information content (AvgIpc) is 2.27. The third kappa shape index (κ3) is 2.79. The molecule has 0 heterocycles. The average molecular weight is 243 g/mol. The Morgan fingerprint density at radius 3 is 2.12 bits per heavy atom. The highest BCUT2D eigenvalue weighted by molar-refractivity contribution is 5.75. The van der Waals surface area contributed by atoms with Crippen molar-refractivity contribution in [3.8, 4) is 0 Å². The van der Waals surface area contributed by atoms with E-state index >= 15 is 0 Å². The van der Waals surface area contributed by atoms with Crippen molar-refractivity contribution in [3.63, 3.8) is 0 Å². The second kappa shape index (κ2) is 4.79. The van der Waals surface area contributed by atoms with E-state index in [1.54, 1.807) is 0 Å². The summed E-state index contributed by atoms with van der Waals surface area (Å²) in [4.78, 5) is 10.6. The Morgan fingerprint density at radius 1 is 1.29 bits per heavy atom. The van der Waals surface area contributed by atoms with E-state index in [9.17, 15) is 13.6 Å². The topological polar surface area (TPSA) is 63.3 Å². The quantitative estimate of drug-likeness (QED) is 0.854. The standard InChI is InChI=1S/C12H15F2NO2/c1-7(2)12(13,14)9-5-3-8(4-6-9)10(15)11(16)17/h3-7,10H,15H2,1-2H3,(H,16,17). The van der Waals surface area contributed by atoms with Gasteiger partial charge in [0.15, 0.2) is 0 Å². The molecule has 3 nitrogen and oxygen atoms in total. The molecule has 0 amide bonds. The van der Waals surface area contributed by atoms with Crippen molar-refractivity contribution >= 4 is 5.97 Å². The summed E-state index contributed by atoms with van der Waals surface area (Å²) < 4.78 is 27.2. The molecule has 0 radical (unpaired) electrons. The van der Waals surface area contributed by atoms with E-state index in [1.807, 2.05) is 0 Å². The number of alkyl halides is 2. The number of hydrogen-bond acceptors (Lipinski definition) is 2. The Bertz CT molecular complexity index is 401. The third-order valence-corrected chi connectivity index (χ3v) is 2.65. The van der Waals surface area contributed by atoms with E-state index in [1.165, 1.54) is 38.1 Å². The second-order valence-corrected chi connectivity index (χ2v) is 4.22. The van der Waals surface area contributed by atoms with Gasteiger partial charge in [0.2, 0.25) is 0 Å². The molecule has 1 atom stereocenters. The van der Waals surface area contributed by atoms with Gasteiger partial charge in [-0.05, 0) is 5.56 Å². The van der Waals surface area contributed by atoms with Crippen molar-refractivity contribution in [1.82, 2.24) is 0 Å². The lowest BCUT2D eigenvalue weighted by molar-refractivity contribution is -0.138. The molecule has 5 heteroatoms. The van der Waals surface area contributed by atoms with Gasteiger partial charge in [0.25, 0.3) is 5.92 Å². The first-order valence-electron chi connectivity index (χ1n) is 5.23. The fourth-order valence-electron chi connectivity index (χ4n) is 1.39. The number of carbonyl (C=O) groups is 1. The molecule has 3 N–H and O–H groups in total. The van der Waals surface area contributed by atoms with Gasteiger partial charge in [-0.1, -0.05) is 38.1 Å². The summed E-state index contributed by atoms with van der Waals surface area (Å²) in [6.07, 6.45) is 0. The minimum absolute atomic E-state index is 0.131. The zero-order valence-corrected chi connectivity index (χ0v) is 9.65. The van der Waals surface area contributed by atoms with Crippen LogP contribution in [0.4, 0.5) is 8.78 Å². The molecule has 1 aromatic rings. The van der Waals surface area contributed by atoms with Crippen LogP contribution >= 0.6 is 0 Å². The molecule has 0 saturated carbocycles. The second-order valence-electron chi connectivity index (χ2n) is 4.22. The molecule has 0 saturated heterocycles. The Balaban J connectivity index is 3.00. The van der Waals surface area contributed by atoms with Crippen LogP contribution in [0, 0.1) is 5.92 Å². The van der Waals surface area contributed by atoms with Crippen LogP contribution in [0.2, 0.25) is 0 Å². The Morgan fingerprint density at radius 2 is 1.76 bits per heavy atom. The van der Waals surface area contributed by atoms with Gasteiger partial charge in [-0.2, -0.15) is 0 Å². The van der Waals surface area contributed by atoms with Crippen molar-refractivity contribution < 1.29 is 18.7 Å². The molecule has 0 bridgehead atoms. The maximum absolute atomic E-state index is 13.6. The monoisotopic (exact) mass is 243 g/mol. The number of nitrogens with two attached hydrogens (primary N) is 1.